The second-order valence-corrected chi connectivity index (χ2v) is 4.25. The van der Waals surface area contributed by atoms with Gasteiger partial charge < -0.3 is 5.32 Å². The van der Waals surface area contributed by atoms with Gasteiger partial charge in [-0.2, -0.15) is 0 Å². The van der Waals surface area contributed by atoms with E-state index in [9.17, 15) is 9.18 Å². The van der Waals surface area contributed by atoms with Gasteiger partial charge in [0.05, 0.1) is 5.56 Å². The molecule has 1 rings (SSSR count). The zero-order valence-electron chi connectivity index (χ0n) is 10.3. The van der Waals surface area contributed by atoms with Gasteiger partial charge in [-0.25, -0.2) is 4.39 Å². The number of rotatable bonds is 3. The summed E-state index contributed by atoms with van der Waals surface area (Å²) in [4.78, 5) is 11.6. The van der Waals surface area contributed by atoms with Crippen LogP contribution in [0.15, 0.2) is 24.3 Å². The minimum atomic E-state index is -0.572. The number of amides is 1. The molecule has 1 unspecified atom stereocenters. The molecule has 0 radical (unpaired) electrons. The lowest BCUT2D eigenvalue weighted by atomic mass is 10.2. The van der Waals surface area contributed by atoms with E-state index in [0.717, 1.165) is 6.42 Å². The molecule has 4 nitrogen and oxygen atoms in total. The fourth-order valence-electron chi connectivity index (χ4n) is 1.19. The molecule has 0 saturated carbocycles. The number of carbonyl (C=O) groups excluding carboxylic acids is 1. The first-order valence-corrected chi connectivity index (χ1v) is 6.06. The molecule has 0 fully saturated rings. The van der Waals surface area contributed by atoms with E-state index in [-0.39, 0.29) is 11.6 Å². The molecule has 1 amide bonds. The number of thiocarbonyl (C=S) groups is 1. The number of carbonyl (C=O) groups is 1. The Morgan fingerprint density at radius 2 is 2.06 bits per heavy atom. The van der Waals surface area contributed by atoms with Crippen LogP contribution >= 0.6 is 12.2 Å². The summed E-state index contributed by atoms with van der Waals surface area (Å²) in [7, 11) is 0. The van der Waals surface area contributed by atoms with Crippen molar-refractivity contribution in [1.82, 2.24) is 16.2 Å². The Kier molecular flexibility index (Phi) is 5.51. The van der Waals surface area contributed by atoms with Crippen molar-refractivity contribution in [2.75, 3.05) is 0 Å². The Balaban J connectivity index is 2.47. The van der Waals surface area contributed by atoms with E-state index >= 15 is 0 Å². The first-order valence-electron chi connectivity index (χ1n) is 5.66. The largest absolute Gasteiger partial charge is 0.359 e. The minimum absolute atomic E-state index is 0.0312. The van der Waals surface area contributed by atoms with E-state index in [1.165, 1.54) is 18.2 Å². The van der Waals surface area contributed by atoms with Crippen molar-refractivity contribution in [1.29, 1.82) is 0 Å². The van der Waals surface area contributed by atoms with E-state index < -0.39 is 11.7 Å². The van der Waals surface area contributed by atoms with Crippen molar-refractivity contribution < 1.29 is 9.18 Å². The lowest BCUT2D eigenvalue weighted by molar-refractivity contribution is 0.0939. The Morgan fingerprint density at radius 3 is 2.67 bits per heavy atom. The molecule has 0 heterocycles. The van der Waals surface area contributed by atoms with Gasteiger partial charge in [-0.15, -0.1) is 0 Å². The van der Waals surface area contributed by atoms with Crippen molar-refractivity contribution in [3.8, 4) is 0 Å². The van der Waals surface area contributed by atoms with Crippen LogP contribution in [0.4, 0.5) is 4.39 Å². The Bertz CT molecular complexity index is 439. The summed E-state index contributed by atoms with van der Waals surface area (Å²) in [5.74, 6) is -1.14. The van der Waals surface area contributed by atoms with Crippen LogP contribution in [0.25, 0.3) is 0 Å². The number of hydrazine groups is 1. The normalized spacial score (nSPS) is 11.5. The van der Waals surface area contributed by atoms with Crippen LogP contribution in [0, 0.1) is 5.82 Å². The van der Waals surface area contributed by atoms with Crippen LogP contribution in [-0.4, -0.2) is 17.1 Å². The summed E-state index contributed by atoms with van der Waals surface area (Å²) in [6.07, 6.45) is 0.906. The monoisotopic (exact) mass is 269 g/mol. The van der Waals surface area contributed by atoms with Gasteiger partial charge in [0, 0.05) is 6.04 Å². The number of hydrogen-bond donors (Lipinski definition) is 3. The summed E-state index contributed by atoms with van der Waals surface area (Å²) in [5, 5.41) is 3.26. The highest BCUT2D eigenvalue weighted by molar-refractivity contribution is 7.80. The predicted octanol–water partition coefficient (Wildman–Crippen LogP) is 1.73. The highest BCUT2D eigenvalue weighted by atomic mass is 32.1. The molecule has 0 bridgehead atoms. The number of hydrogen-bond acceptors (Lipinski definition) is 2. The molecule has 0 spiro atoms. The van der Waals surface area contributed by atoms with E-state index in [1.54, 1.807) is 6.07 Å². The smallest absolute Gasteiger partial charge is 0.272 e. The summed E-state index contributed by atoms with van der Waals surface area (Å²) in [6.45, 7) is 3.98. The molecule has 98 valence electrons. The first-order chi connectivity index (χ1) is 8.54. The van der Waals surface area contributed by atoms with Gasteiger partial charge in [-0.1, -0.05) is 19.1 Å². The quantitative estimate of drug-likeness (QED) is 0.578. The van der Waals surface area contributed by atoms with E-state index in [0.29, 0.717) is 5.11 Å². The third kappa shape index (κ3) is 4.29. The maximum atomic E-state index is 13.3. The second kappa shape index (κ2) is 6.90. The third-order valence-electron chi connectivity index (χ3n) is 2.40. The van der Waals surface area contributed by atoms with Gasteiger partial charge >= 0.3 is 0 Å². The predicted molar refractivity (Wildman–Crippen MR) is 72.5 cm³/mol. The van der Waals surface area contributed by atoms with E-state index in [4.69, 9.17) is 12.2 Å². The highest BCUT2D eigenvalue weighted by Crippen LogP contribution is 2.05. The van der Waals surface area contributed by atoms with Crippen molar-refractivity contribution in [3.05, 3.63) is 35.6 Å². The zero-order valence-corrected chi connectivity index (χ0v) is 11.1. The topological polar surface area (TPSA) is 53.2 Å². The lowest BCUT2D eigenvalue weighted by Crippen LogP contribution is -2.49. The van der Waals surface area contributed by atoms with Gasteiger partial charge in [-0.3, -0.25) is 15.6 Å². The average Bonchev–Trinajstić information content (AvgIpc) is 2.36. The highest BCUT2D eigenvalue weighted by Gasteiger charge is 2.10. The van der Waals surface area contributed by atoms with Crippen molar-refractivity contribution in [2.45, 2.75) is 26.3 Å². The van der Waals surface area contributed by atoms with Crippen LogP contribution in [0.5, 0.6) is 0 Å². The van der Waals surface area contributed by atoms with Gasteiger partial charge in [0.25, 0.3) is 5.91 Å². The molecule has 0 aliphatic carbocycles. The van der Waals surface area contributed by atoms with Crippen LogP contribution in [-0.2, 0) is 0 Å². The summed E-state index contributed by atoms with van der Waals surface area (Å²) in [5.41, 5.74) is 4.83. The molecular formula is C12H16FN3OS. The van der Waals surface area contributed by atoms with Crippen LogP contribution in [0.1, 0.15) is 30.6 Å². The Hall–Kier alpha value is -1.69. The van der Waals surface area contributed by atoms with Gasteiger partial charge in [0.1, 0.15) is 5.82 Å². The molecule has 1 aromatic carbocycles. The molecule has 3 N–H and O–H groups in total. The third-order valence-corrected chi connectivity index (χ3v) is 2.62. The first kappa shape index (κ1) is 14.4. The summed E-state index contributed by atoms with van der Waals surface area (Å²) >= 11 is 4.97. The van der Waals surface area contributed by atoms with Crippen molar-refractivity contribution in [2.24, 2.45) is 0 Å². The molecule has 1 aromatic rings. The fraction of sp³-hybridized carbons (Fsp3) is 0.333. The minimum Gasteiger partial charge on any atom is -0.359 e. The summed E-state index contributed by atoms with van der Waals surface area (Å²) < 4.78 is 13.3. The molecule has 18 heavy (non-hydrogen) atoms. The Morgan fingerprint density at radius 1 is 1.39 bits per heavy atom. The van der Waals surface area contributed by atoms with Crippen molar-refractivity contribution >= 4 is 23.2 Å². The number of nitrogens with one attached hydrogen (secondary N) is 3. The number of benzene rings is 1. The van der Waals surface area contributed by atoms with Gasteiger partial charge in [-0.05, 0) is 37.7 Å². The van der Waals surface area contributed by atoms with Crippen LogP contribution < -0.4 is 16.2 Å². The molecule has 0 aliphatic heterocycles. The van der Waals surface area contributed by atoms with Crippen LogP contribution in [0.3, 0.4) is 0 Å². The molecular weight excluding hydrogens is 253 g/mol. The summed E-state index contributed by atoms with van der Waals surface area (Å²) in [6, 6.07) is 5.94. The van der Waals surface area contributed by atoms with Crippen molar-refractivity contribution in [3.63, 3.8) is 0 Å². The van der Waals surface area contributed by atoms with E-state index in [1.807, 2.05) is 13.8 Å². The average molecular weight is 269 g/mol. The molecule has 0 saturated heterocycles. The SMILES string of the molecule is CCC(C)NC(=S)NNC(=O)c1ccccc1F. The maximum Gasteiger partial charge on any atom is 0.272 e. The van der Waals surface area contributed by atoms with Gasteiger partial charge in [0.2, 0.25) is 0 Å². The Labute approximate surface area is 111 Å². The van der Waals surface area contributed by atoms with Gasteiger partial charge in [0.15, 0.2) is 5.11 Å². The van der Waals surface area contributed by atoms with Crippen LogP contribution in [0.2, 0.25) is 0 Å². The standard InChI is InChI=1S/C12H16FN3OS/c1-3-8(2)14-12(18)16-15-11(17)9-6-4-5-7-10(9)13/h4-8H,3H2,1-2H3,(H,15,17)(H2,14,16,18). The van der Waals surface area contributed by atoms with E-state index in [2.05, 4.69) is 16.2 Å². The molecule has 0 aliphatic rings. The number of halogens is 1. The molecule has 0 aromatic heterocycles. The lowest BCUT2D eigenvalue weighted by Gasteiger charge is -2.15. The maximum absolute atomic E-state index is 13.3. The fourth-order valence-corrected chi connectivity index (χ4v) is 1.44. The molecule has 1 atom stereocenters. The second-order valence-electron chi connectivity index (χ2n) is 3.84. The zero-order chi connectivity index (χ0) is 13.5. The molecule has 6 heteroatoms.